The number of ether oxygens (including phenoxy) is 1. The van der Waals surface area contributed by atoms with Gasteiger partial charge in [-0.2, -0.15) is 5.10 Å². The number of benzene rings is 1. The van der Waals surface area contributed by atoms with Crippen molar-refractivity contribution in [1.29, 1.82) is 0 Å². The third kappa shape index (κ3) is 3.33. The monoisotopic (exact) mass is 281 g/mol. The average molecular weight is 281 g/mol. The van der Waals surface area contributed by atoms with E-state index in [0.29, 0.717) is 18.9 Å². The normalized spacial score (nSPS) is 11.4. The number of nitrogens with zero attached hydrogens (tertiary/aromatic N) is 1. The lowest BCUT2D eigenvalue weighted by atomic mass is 10.2. The molecule has 0 atom stereocenters. The minimum atomic E-state index is -3.62. The molecule has 1 aromatic heterocycles. The van der Waals surface area contributed by atoms with Crippen molar-refractivity contribution in [2.75, 3.05) is 11.3 Å². The lowest BCUT2D eigenvalue weighted by Crippen LogP contribution is -2.13. The molecule has 0 aliphatic carbocycles. The van der Waals surface area contributed by atoms with Gasteiger partial charge >= 0.3 is 0 Å². The maximum atomic E-state index is 12.1. The maximum Gasteiger partial charge on any atom is 0.265 e. The van der Waals surface area contributed by atoms with Crippen molar-refractivity contribution in [1.82, 2.24) is 10.2 Å². The van der Waals surface area contributed by atoms with E-state index in [1.165, 1.54) is 12.4 Å². The van der Waals surface area contributed by atoms with Gasteiger partial charge in [-0.15, -0.1) is 0 Å². The Labute approximate surface area is 111 Å². The zero-order valence-corrected chi connectivity index (χ0v) is 11.3. The Hall–Kier alpha value is -1.86. The first-order valence-corrected chi connectivity index (χ1v) is 7.29. The molecule has 102 valence electrons. The van der Waals surface area contributed by atoms with Crippen LogP contribution >= 0.6 is 0 Å². The van der Waals surface area contributed by atoms with Crippen LogP contribution in [0.5, 0.6) is 0 Å². The topological polar surface area (TPSA) is 84.1 Å². The molecule has 0 saturated heterocycles. The van der Waals surface area contributed by atoms with Crippen molar-refractivity contribution in [3.05, 3.63) is 42.2 Å². The molecule has 0 aliphatic rings. The van der Waals surface area contributed by atoms with Gasteiger partial charge in [0.1, 0.15) is 4.90 Å². The Morgan fingerprint density at radius 2 is 2.16 bits per heavy atom. The summed E-state index contributed by atoms with van der Waals surface area (Å²) >= 11 is 0. The first kappa shape index (κ1) is 13.6. The quantitative estimate of drug-likeness (QED) is 0.844. The van der Waals surface area contributed by atoms with Crippen molar-refractivity contribution in [3.8, 4) is 0 Å². The van der Waals surface area contributed by atoms with Crippen LogP contribution in [0.1, 0.15) is 12.5 Å². The highest BCUT2D eigenvalue weighted by Gasteiger charge is 2.16. The molecule has 0 aliphatic heterocycles. The van der Waals surface area contributed by atoms with Crippen LogP contribution in [0, 0.1) is 0 Å². The lowest BCUT2D eigenvalue weighted by Gasteiger charge is -2.11. The van der Waals surface area contributed by atoms with Crippen molar-refractivity contribution >= 4 is 15.7 Å². The number of hydrogen-bond acceptors (Lipinski definition) is 4. The van der Waals surface area contributed by atoms with E-state index in [1.54, 1.807) is 12.1 Å². The van der Waals surface area contributed by atoms with Gasteiger partial charge in [0.2, 0.25) is 0 Å². The lowest BCUT2D eigenvalue weighted by molar-refractivity contribution is 0.134. The molecule has 0 unspecified atom stereocenters. The predicted octanol–water partition coefficient (Wildman–Crippen LogP) is 1.75. The van der Waals surface area contributed by atoms with Crippen LogP contribution in [0.25, 0.3) is 0 Å². The smallest absolute Gasteiger partial charge is 0.265 e. The summed E-state index contributed by atoms with van der Waals surface area (Å²) in [5.74, 6) is 0. The van der Waals surface area contributed by atoms with Gasteiger partial charge in [0.15, 0.2) is 0 Å². The fraction of sp³-hybridized carbons (Fsp3) is 0.250. The Bertz CT molecular complexity index is 623. The number of hydrogen-bond donors (Lipinski definition) is 2. The number of sulfonamides is 1. The summed E-state index contributed by atoms with van der Waals surface area (Å²) in [5, 5.41) is 6.11. The van der Waals surface area contributed by atoms with Gasteiger partial charge < -0.3 is 4.74 Å². The van der Waals surface area contributed by atoms with Crippen LogP contribution < -0.4 is 4.72 Å². The van der Waals surface area contributed by atoms with Gasteiger partial charge in [0, 0.05) is 18.4 Å². The van der Waals surface area contributed by atoms with Gasteiger partial charge in [-0.05, 0) is 13.0 Å². The van der Waals surface area contributed by atoms with E-state index in [4.69, 9.17) is 4.74 Å². The van der Waals surface area contributed by atoms with Gasteiger partial charge in [0.25, 0.3) is 10.0 Å². The molecule has 0 saturated carbocycles. The highest BCUT2D eigenvalue weighted by Crippen LogP contribution is 2.20. The summed E-state index contributed by atoms with van der Waals surface area (Å²) in [6.07, 6.45) is 2.58. The van der Waals surface area contributed by atoms with E-state index in [9.17, 15) is 8.42 Å². The molecule has 7 heteroatoms. The van der Waals surface area contributed by atoms with E-state index in [-0.39, 0.29) is 4.90 Å². The van der Waals surface area contributed by atoms with Gasteiger partial charge in [-0.1, -0.05) is 18.2 Å². The highest BCUT2D eigenvalue weighted by atomic mass is 32.2. The molecule has 0 amide bonds. The number of rotatable bonds is 6. The van der Waals surface area contributed by atoms with Gasteiger partial charge in [-0.25, -0.2) is 8.42 Å². The molecule has 2 rings (SSSR count). The molecule has 2 aromatic rings. The number of anilines is 1. The van der Waals surface area contributed by atoms with Crippen molar-refractivity contribution in [3.63, 3.8) is 0 Å². The minimum Gasteiger partial charge on any atom is -0.377 e. The first-order chi connectivity index (χ1) is 9.13. The highest BCUT2D eigenvalue weighted by molar-refractivity contribution is 7.92. The van der Waals surface area contributed by atoms with Crippen LogP contribution in [-0.4, -0.2) is 25.2 Å². The average Bonchev–Trinajstić information content (AvgIpc) is 2.92. The molecular formula is C12H15N3O3S. The fourth-order valence-electron chi connectivity index (χ4n) is 1.55. The third-order valence-electron chi connectivity index (χ3n) is 2.51. The molecule has 2 N–H and O–H groups in total. The number of aromatic nitrogens is 2. The molecule has 19 heavy (non-hydrogen) atoms. The van der Waals surface area contributed by atoms with E-state index in [0.717, 1.165) is 5.56 Å². The molecule has 0 spiro atoms. The van der Waals surface area contributed by atoms with Crippen molar-refractivity contribution < 1.29 is 13.2 Å². The van der Waals surface area contributed by atoms with Gasteiger partial charge in [0.05, 0.1) is 18.5 Å². The van der Waals surface area contributed by atoms with E-state index in [2.05, 4.69) is 14.9 Å². The summed E-state index contributed by atoms with van der Waals surface area (Å²) in [6.45, 7) is 2.82. The first-order valence-electron chi connectivity index (χ1n) is 5.80. The van der Waals surface area contributed by atoms with Crippen LogP contribution in [0.3, 0.4) is 0 Å². The second-order valence-corrected chi connectivity index (χ2v) is 5.52. The van der Waals surface area contributed by atoms with Crippen molar-refractivity contribution in [2.45, 2.75) is 18.4 Å². The SMILES string of the molecule is CCOCc1ccccc1NS(=O)(=O)c1cn[nH]c1. The van der Waals surface area contributed by atoms with E-state index >= 15 is 0 Å². The number of aromatic amines is 1. The van der Waals surface area contributed by atoms with Crippen LogP contribution in [-0.2, 0) is 21.4 Å². The summed E-state index contributed by atoms with van der Waals surface area (Å²) < 4.78 is 32.0. The molecule has 0 radical (unpaired) electrons. The van der Waals surface area contributed by atoms with E-state index in [1.807, 2.05) is 19.1 Å². The number of nitrogens with one attached hydrogen (secondary N) is 2. The van der Waals surface area contributed by atoms with Gasteiger partial charge in [-0.3, -0.25) is 9.82 Å². The zero-order chi connectivity index (χ0) is 13.7. The predicted molar refractivity (Wildman–Crippen MR) is 71.2 cm³/mol. The Balaban J connectivity index is 2.24. The van der Waals surface area contributed by atoms with E-state index < -0.39 is 10.0 Å². The Kier molecular flexibility index (Phi) is 4.18. The summed E-state index contributed by atoms with van der Waals surface area (Å²) in [5.41, 5.74) is 1.30. The van der Waals surface area contributed by atoms with Crippen LogP contribution in [0.2, 0.25) is 0 Å². The summed E-state index contributed by atoms with van der Waals surface area (Å²) in [6, 6.07) is 7.13. The molecule has 0 fully saturated rings. The zero-order valence-electron chi connectivity index (χ0n) is 10.5. The molecule has 0 bridgehead atoms. The van der Waals surface area contributed by atoms with Crippen LogP contribution in [0.15, 0.2) is 41.6 Å². The molecule has 1 aromatic carbocycles. The largest absolute Gasteiger partial charge is 0.377 e. The second kappa shape index (κ2) is 5.85. The summed E-state index contributed by atoms with van der Waals surface area (Å²) in [7, 11) is -3.62. The molecule has 1 heterocycles. The third-order valence-corrected chi connectivity index (χ3v) is 3.84. The standard InChI is InChI=1S/C12H15N3O3S/c1-2-18-9-10-5-3-4-6-12(10)15-19(16,17)11-7-13-14-8-11/h3-8,15H,2,9H2,1H3,(H,13,14). The molecule has 6 nitrogen and oxygen atoms in total. The Morgan fingerprint density at radius 1 is 1.37 bits per heavy atom. The minimum absolute atomic E-state index is 0.0960. The van der Waals surface area contributed by atoms with Crippen molar-refractivity contribution in [2.24, 2.45) is 0 Å². The molecular weight excluding hydrogens is 266 g/mol. The van der Waals surface area contributed by atoms with Crippen LogP contribution in [0.4, 0.5) is 5.69 Å². The Morgan fingerprint density at radius 3 is 2.84 bits per heavy atom. The fourth-order valence-corrected chi connectivity index (χ4v) is 2.55. The maximum absolute atomic E-state index is 12.1. The second-order valence-electron chi connectivity index (χ2n) is 3.83. The number of H-pyrrole nitrogens is 1. The number of para-hydroxylation sites is 1. The summed E-state index contributed by atoms with van der Waals surface area (Å²) in [4.78, 5) is 0.0960.